The summed E-state index contributed by atoms with van der Waals surface area (Å²) in [5, 5.41) is 5.42. The zero-order chi connectivity index (χ0) is 16.8. The first-order valence-electron chi connectivity index (χ1n) is 7.19. The van der Waals surface area contributed by atoms with Gasteiger partial charge in [0.25, 0.3) is 5.91 Å². The molecular weight excluding hydrogens is 344 g/mol. The summed E-state index contributed by atoms with van der Waals surface area (Å²) in [6, 6.07) is 7.54. The highest BCUT2D eigenvalue weighted by Gasteiger charge is 2.14. The van der Waals surface area contributed by atoms with Crippen LogP contribution in [0.3, 0.4) is 0 Å². The molecule has 1 rings (SSSR count). The standard InChI is InChI=1S/C17H23BrN2O2/c1-12(18)11-20-15(21)9-10-19-16(22)13-5-7-14(8-6-13)17(2,3)4/h5-8H,1,9-11H2,2-4H3,(H,19,22)(H,20,21). The summed E-state index contributed by atoms with van der Waals surface area (Å²) in [4.78, 5) is 23.5. The van der Waals surface area contributed by atoms with Gasteiger partial charge in [-0.15, -0.1) is 0 Å². The maximum atomic E-state index is 12.0. The Kier molecular flexibility index (Phi) is 6.81. The Hall–Kier alpha value is -1.62. The van der Waals surface area contributed by atoms with E-state index in [0.29, 0.717) is 23.1 Å². The molecule has 2 amide bonds. The molecule has 0 unspecified atom stereocenters. The third-order valence-corrected chi connectivity index (χ3v) is 3.41. The molecular formula is C17H23BrN2O2. The fourth-order valence-corrected chi connectivity index (χ4v) is 1.94. The van der Waals surface area contributed by atoms with Gasteiger partial charge in [-0.3, -0.25) is 9.59 Å². The van der Waals surface area contributed by atoms with E-state index in [-0.39, 0.29) is 23.7 Å². The highest BCUT2D eigenvalue weighted by Crippen LogP contribution is 2.22. The molecule has 0 radical (unpaired) electrons. The van der Waals surface area contributed by atoms with Crippen molar-refractivity contribution in [3.8, 4) is 0 Å². The minimum Gasteiger partial charge on any atom is -0.352 e. The molecule has 0 aliphatic rings. The van der Waals surface area contributed by atoms with Crippen LogP contribution in [0.2, 0.25) is 0 Å². The van der Waals surface area contributed by atoms with Crippen molar-refractivity contribution >= 4 is 27.7 Å². The second-order valence-electron chi connectivity index (χ2n) is 6.13. The molecule has 2 N–H and O–H groups in total. The van der Waals surface area contributed by atoms with Crippen molar-refractivity contribution in [2.75, 3.05) is 13.1 Å². The molecule has 0 aliphatic carbocycles. The molecule has 0 fully saturated rings. The lowest BCUT2D eigenvalue weighted by molar-refractivity contribution is -0.120. The Balaban J connectivity index is 2.43. The van der Waals surface area contributed by atoms with E-state index < -0.39 is 0 Å². The molecule has 0 spiro atoms. The van der Waals surface area contributed by atoms with Crippen LogP contribution < -0.4 is 10.6 Å². The average molecular weight is 367 g/mol. The summed E-state index contributed by atoms with van der Waals surface area (Å²) in [6.45, 7) is 10.7. The molecule has 0 saturated heterocycles. The molecule has 1 aromatic carbocycles. The topological polar surface area (TPSA) is 58.2 Å². The van der Waals surface area contributed by atoms with Crippen LogP contribution >= 0.6 is 15.9 Å². The lowest BCUT2D eigenvalue weighted by Crippen LogP contribution is -2.31. The summed E-state index contributed by atoms with van der Waals surface area (Å²) >= 11 is 3.17. The summed E-state index contributed by atoms with van der Waals surface area (Å²) in [6.07, 6.45) is 0.242. The van der Waals surface area contributed by atoms with Crippen LogP contribution in [0.4, 0.5) is 0 Å². The van der Waals surface area contributed by atoms with E-state index in [1.807, 2.05) is 24.3 Å². The van der Waals surface area contributed by atoms with Gasteiger partial charge in [0.1, 0.15) is 0 Å². The van der Waals surface area contributed by atoms with E-state index in [0.717, 1.165) is 0 Å². The SMILES string of the molecule is C=C(Br)CNC(=O)CCNC(=O)c1ccc(C(C)(C)C)cc1. The second kappa shape index (κ2) is 8.13. The molecule has 120 valence electrons. The minimum atomic E-state index is -0.168. The molecule has 1 aromatic rings. The van der Waals surface area contributed by atoms with Crippen molar-refractivity contribution in [2.24, 2.45) is 0 Å². The lowest BCUT2D eigenvalue weighted by atomic mass is 9.87. The van der Waals surface area contributed by atoms with Gasteiger partial charge in [0.15, 0.2) is 0 Å². The molecule has 0 saturated carbocycles. The second-order valence-corrected chi connectivity index (χ2v) is 7.25. The zero-order valence-corrected chi connectivity index (χ0v) is 14.9. The highest BCUT2D eigenvalue weighted by molar-refractivity contribution is 9.11. The van der Waals surface area contributed by atoms with Gasteiger partial charge in [0, 0.05) is 29.6 Å². The quantitative estimate of drug-likeness (QED) is 0.812. The van der Waals surface area contributed by atoms with Crippen LogP contribution in [0.5, 0.6) is 0 Å². The van der Waals surface area contributed by atoms with Crippen LogP contribution in [0.25, 0.3) is 0 Å². The van der Waals surface area contributed by atoms with Crippen LogP contribution in [0.1, 0.15) is 43.1 Å². The van der Waals surface area contributed by atoms with Crippen LogP contribution in [0.15, 0.2) is 35.3 Å². The summed E-state index contributed by atoms with van der Waals surface area (Å²) in [7, 11) is 0. The molecule has 0 aromatic heterocycles. The number of benzene rings is 1. The predicted octanol–water partition coefficient (Wildman–Crippen LogP) is 3.13. The maximum absolute atomic E-state index is 12.0. The van der Waals surface area contributed by atoms with E-state index in [1.165, 1.54) is 5.56 Å². The van der Waals surface area contributed by atoms with Gasteiger partial charge in [-0.25, -0.2) is 0 Å². The Morgan fingerprint density at radius 1 is 1.14 bits per heavy atom. The molecule has 0 bridgehead atoms. The third kappa shape index (κ3) is 6.43. The van der Waals surface area contributed by atoms with Gasteiger partial charge >= 0.3 is 0 Å². The monoisotopic (exact) mass is 366 g/mol. The average Bonchev–Trinajstić information content (AvgIpc) is 2.44. The van der Waals surface area contributed by atoms with Gasteiger partial charge in [-0.2, -0.15) is 0 Å². The molecule has 5 heteroatoms. The number of carbonyl (C=O) groups is 2. The molecule has 4 nitrogen and oxygen atoms in total. The first-order chi connectivity index (χ1) is 10.2. The van der Waals surface area contributed by atoms with E-state index in [2.05, 4.69) is 53.9 Å². The van der Waals surface area contributed by atoms with Crippen LogP contribution in [-0.2, 0) is 10.2 Å². The van der Waals surface area contributed by atoms with Crippen LogP contribution in [-0.4, -0.2) is 24.9 Å². The summed E-state index contributed by atoms with van der Waals surface area (Å²) < 4.78 is 0.712. The highest BCUT2D eigenvalue weighted by atomic mass is 79.9. The van der Waals surface area contributed by atoms with E-state index >= 15 is 0 Å². The molecule has 0 aliphatic heterocycles. The number of amides is 2. The van der Waals surface area contributed by atoms with Gasteiger partial charge in [0.2, 0.25) is 5.91 Å². The van der Waals surface area contributed by atoms with E-state index in [1.54, 1.807) is 0 Å². The van der Waals surface area contributed by atoms with Gasteiger partial charge in [0.05, 0.1) is 0 Å². The van der Waals surface area contributed by atoms with E-state index in [4.69, 9.17) is 0 Å². The smallest absolute Gasteiger partial charge is 0.251 e. The number of hydrogen-bond acceptors (Lipinski definition) is 2. The Morgan fingerprint density at radius 3 is 2.23 bits per heavy atom. The largest absolute Gasteiger partial charge is 0.352 e. The van der Waals surface area contributed by atoms with Crippen molar-refractivity contribution in [2.45, 2.75) is 32.6 Å². The molecule has 0 atom stereocenters. The Labute approximate surface area is 140 Å². The molecule has 22 heavy (non-hydrogen) atoms. The van der Waals surface area contributed by atoms with Crippen molar-refractivity contribution in [3.05, 3.63) is 46.5 Å². The number of halogens is 1. The Morgan fingerprint density at radius 2 is 1.73 bits per heavy atom. The normalized spacial score (nSPS) is 10.9. The number of nitrogens with one attached hydrogen (secondary N) is 2. The summed E-state index contributed by atoms with van der Waals surface area (Å²) in [5.41, 5.74) is 1.84. The fraction of sp³-hybridized carbons (Fsp3) is 0.412. The first-order valence-corrected chi connectivity index (χ1v) is 7.98. The third-order valence-electron chi connectivity index (χ3n) is 3.13. The zero-order valence-electron chi connectivity index (χ0n) is 13.3. The number of rotatable bonds is 6. The summed E-state index contributed by atoms with van der Waals surface area (Å²) in [5.74, 6) is -0.290. The predicted molar refractivity (Wildman–Crippen MR) is 93.2 cm³/mol. The minimum absolute atomic E-state index is 0.0620. The van der Waals surface area contributed by atoms with Gasteiger partial charge < -0.3 is 10.6 Å². The Bertz CT molecular complexity index is 545. The van der Waals surface area contributed by atoms with Crippen molar-refractivity contribution in [3.63, 3.8) is 0 Å². The van der Waals surface area contributed by atoms with Crippen LogP contribution in [0, 0.1) is 0 Å². The first kappa shape index (κ1) is 18.4. The van der Waals surface area contributed by atoms with Crippen molar-refractivity contribution in [1.82, 2.24) is 10.6 Å². The number of carbonyl (C=O) groups excluding carboxylic acids is 2. The lowest BCUT2D eigenvalue weighted by Gasteiger charge is -2.19. The van der Waals surface area contributed by atoms with Gasteiger partial charge in [-0.05, 0) is 23.1 Å². The van der Waals surface area contributed by atoms with Crippen molar-refractivity contribution < 1.29 is 9.59 Å². The molecule has 0 heterocycles. The maximum Gasteiger partial charge on any atom is 0.251 e. The fourth-order valence-electron chi connectivity index (χ4n) is 1.80. The van der Waals surface area contributed by atoms with Crippen molar-refractivity contribution in [1.29, 1.82) is 0 Å². The van der Waals surface area contributed by atoms with E-state index in [9.17, 15) is 9.59 Å². The number of hydrogen-bond donors (Lipinski definition) is 2. The van der Waals surface area contributed by atoms with Gasteiger partial charge in [-0.1, -0.05) is 55.4 Å².